The van der Waals surface area contributed by atoms with Gasteiger partial charge in [0.1, 0.15) is 5.57 Å². The quantitative estimate of drug-likeness (QED) is 0.355. The first-order chi connectivity index (χ1) is 11.3. The lowest BCUT2D eigenvalue weighted by Gasteiger charge is -2.13. The van der Waals surface area contributed by atoms with Gasteiger partial charge >= 0.3 is 12.1 Å². The highest BCUT2D eigenvalue weighted by Gasteiger charge is 2.38. The van der Waals surface area contributed by atoms with Crippen molar-refractivity contribution in [1.29, 1.82) is 5.26 Å². The van der Waals surface area contributed by atoms with Crippen LogP contribution in [0.15, 0.2) is 53.8 Å². The summed E-state index contributed by atoms with van der Waals surface area (Å²) in [5, 5.41) is 8.95. The van der Waals surface area contributed by atoms with Crippen LogP contribution in [-0.2, 0) is 14.3 Å². The largest absolute Gasteiger partial charge is 0.503 e. The van der Waals surface area contributed by atoms with Crippen LogP contribution in [-0.4, -0.2) is 26.4 Å². The molecule has 0 radical (unpaired) electrons. The van der Waals surface area contributed by atoms with Crippen LogP contribution >= 0.6 is 0 Å². The van der Waals surface area contributed by atoms with Crippen LogP contribution in [0.4, 0.5) is 13.2 Å². The summed E-state index contributed by atoms with van der Waals surface area (Å²) >= 11 is 0. The topological polar surface area (TPSA) is 59.3 Å². The van der Waals surface area contributed by atoms with E-state index in [0.717, 1.165) is 26.4 Å². The Hall–Kier alpha value is -3.01. The summed E-state index contributed by atoms with van der Waals surface area (Å²) in [5.41, 5.74) is -1.21. The standard InChI is InChI=1S/C17H14F3NO3/c1-23-11-14(16(22)24-2)15(17(18,19)20)9-5-8-12-6-3-4-7-13(12)10-21/h3-9,11H,1-2H3. The minimum absolute atomic E-state index is 0.316. The van der Waals surface area contributed by atoms with Crippen molar-refractivity contribution in [3.8, 4) is 6.07 Å². The Kier molecular flexibility index (Phi) is 6.80. The average molecular weight is 337 g/mol. The average Bonchev–Trinajstić information content (AvgIpc) is 2.55. The van der Waals surface area contributed by atoms with Gasteiger partial charge in [-0.2, -0.15) is 18.4 Å². The third kappa shape index (κ3) is 5.02. The molecule has 0 spiro atoms. The van der Waals surface area contributed by atoms with Gasteiger partial charge in [-0.05, 0) is 17.7 Å². The number of methoxy groups -OCH3 is 2. The maximum absolute atomic E-state index is 13.2. The maximum Gasteiger partial charge on any atom is 0.417 e. The minimum atomic E-state index is -4.79. The Labute approximate surface area is 137 Å². The number of carbonyl (C=O) groups is 1. The predicted molar refractivity (Wildman–Crippen MR) is 81.4 cm³/mol. The fourth-order valence-corrected chi connectivity index (χ4v) is 1.78. The molecule has 126 valence electrons. The highest BCUT2D eigenvalue weighted by Crippen LogP contribution is 2.32. The number of allylic oxidation sites excluding steroid dienone is 2. The minimum Gasteiger partial charge on any atom is -0.503 e. The second kappa shape index (κ2) is 8.58. The van der Waals surface area contributed by atoms with E-state index < -0.39 is 23.3 Å². The first kappa shape index (κ1) is 19.0. The van der Waals surface area contributed by atoms with E-state index in [0.29, 0.717) is 17.4 Å². The molecule has 0 bridgehead atoms. The molecule has 0 heterocycles. The number of hydrogen-bond donors (Lipinski definition) is 0. The molecular formula is C17H14F3NO3. The van der Waals surface area contributed by atoms with E-state index in [2.05, 4.69) is 9.47 Å². The van der Waals surface area contributed by atoms with Crippen molar-refractivity contribution in [3.05, 3.63) is 65.0 Å². The summed E-state index contributed by atoms with van der Waals surface area (Å²) in [5.74, 6) is -1.17. The summed E-state index contributed by atoms with van der Waals surface area (Å²) in [6.07, 6.45) is -0.965. The van der Waals surface area contributed by atoms with Crippen LogP contribution in [0.1, 0.15) is 11.1 Å². The molecule has 0 atom stereocenters. The van der Waals surface area contributed by atoms with Gasteiger partial charge in [-0.1, -0.05) is 30.4 Å². The van der Waals surface area contributed by atoms with Crippen molar-refractivity contribution < 1.29 is 27.4 Å². The van der Waals surface area contributed by atoms with Crippen LogP contribution in [0, 0.1) is 11.3 Å². The Bertz CT molecular complexity index is 725. The number of rotatable bonds is 5. The smallest absolute Gasteiger partial charge is 0.417 e. The summed E-state index contributed by atoms with van der Waals surface area (Å²) in [4.78, 5) is 11.5. The summed E-state index contributed by atoms with van der Waals surface area (Å²) < 4.78 is 48.5. The summed E-state index contributed by atoms with van der Waals surface area (Å²) in [6, 6.07) is 8.36. The summed E-state index contributed by atoms with van der Waals surface area (Å²) in [6.45, 7) is 0. The van der Waals surface area contributed by atoms with Crippen molar-refractivity contribution in [1.82, 2.24) is 0 Å². The molecule has 0 saturated carbocycles. The fraction of sp³-hybridized carbons (Fsp3) is 0.176. The van der Waals surface area contributed by atoms with Gasteiger partial charge in [-0.3, -0.25) is 0 Å². The highest BCUT2D eigenvalue weighted by molar-refractivity contribution is 5.93. The number of carbonyl (C=O) groups excluding carboxylic acids is 1. The molecule has 0 aliphatic rings. The summed E-state index contributed by atoms with van der Waals surface area (Å²) in [7, 11) is 2.09. The molecule has 0 fully saturated rings. The van der Waals surface area contributed by atoms with Crippen molar-refractivity contribution in [2.75, 3.05) is 14.2 Å². The van der Waals surface area contributed by atoms with Crippen molar-refractivity contribution in [2.24, 2.45) is 0 Å². The molecule has 1 rings (SSSR count). The van der Waals surface area contributed by atoms with Gasteiger partial charge in [0.05, 0.1) is 37.7 Å². The Morgan fingerprint density at radius 3 is 2.46 bits per heavy atom. The van der Waals surface area contributed by atoms with Crippen LogP contribution < -0.4 is 0 Å². The van der Waals surface area contributed by atoms with Crippen molar-refractivity contribution in [3.63, 3.8) is 0 Å². The molecule has 0 aliphatic carbocycles. The lowest BCUT2D eigenvalue weighted by Crippen LogP contribution is -2.19. The molecule has 1 aromatic carbocycles. The zero-order valence-electron chi connectivity index (χ0n) is 12.9. The molecule has 4 nitrogen and oxygen atoms in total. The molecule has 0 N–H and O–H groups in total. The third-order valence-electron chi connectivity index (χ3n) is 2.86. The highest BCUT2D eigenvalue weighted by atomic mass is 19.4. The van der Waals surface area contributed by atoms with Gasteiger partial charge in [0.15, 0.2) is 0 Å². The predicted octanol–water partition coefficient (Wildman–Crippen LogP) is 3.76. The molecular weight excluding hydrogens is 323 g/mol. The Morgan fingerprint density at radius 1 is 1.25 bits per heavy atom. The van der Waals surface area contributed by atoms with Crippen LogP contribution in [0.25, 0.3) is 6.08 Å². The number of hydrogen-bond acceptors (Lipinski definition) is 4. The van der Waals surface area contributed by atoms with Crippen LogP contribution in [0.5, 0.6) is 0 Å². The van der Waals surface area contributed by atoms with E-state index in [9.17, 15) is 18.0 Å². The zero-order chi connectivity index (χ0) is 18.2. The van der Waals surface area contributed by atoms with E-state index in [1.807, 2.05) is 6.07 Å². The molecule has 24 heavy (non-hydrogen) atoms. The second-order valence-electron chi connectivity index (χ2n) is 4.40. The first-order valence-corrected chi connectivity index (χ1v) is 6.61. The maximum atomic E-state index is 13.2. The third-order valence-corrected chi connectivity index (χ3v) is 2.86. The van der Waals surface area contributed by atoms with E-state index in [4.69, 9.17) is 5.26 Å². The van der Waals surface area contributed by atoms with Gasteiger partial charge < -0.3 is 9.47 Å². The van der Waals surface area contributed by atoms with Crippen molar-refractivity contribution in [2.45, 2.75) is 6.18 Å². The van der Waals surface area contributed by atoms with Gasteiger partial charge in [-0.25, -0.2) is 4.79 Å². The van der Waals surface area contributed by atoms with Crippen LogP contribution in [0.3, 0.4) is 0 Å². The van der Waals surface area contributed by atoms with E-state index in [1.54, 1.807) is 24.3 Å². The molecule has 1 aromatic rings. The lowest BCUT2D eigenvalue weighted by atomic mass is 10.0. The Morgan fingerprint density at radius 2 is 1.92 bits per heavy atom. The molecule has 0 unspecified atom stereocenters. The fourth-order valence-electron chi connectivity index (χ4n) is 1.78. The molecule has 0 aliphatic heterocycles. The molecule has 7 heteroatoms. The molecule has 0 saturated heterocycles. The monoisotopic (exact) mass is 337 g/mol. The number of benzene rings is 1. The van der Waals surface area contributed by atoms with Crippen molar-refractivity contribution >= 4 is 12.0 Å². The van der Waals surface area contributed by atoms with Gasteiger partial charge in [0, 0.05) is 0 Å². The number of esters is 1. The van der Waals surface area contributed by atoms with E-state index in [-0.39, 0.29) is 0 Å². The zero-order valence-corrected chi connectivity index (χ0v) is 12.9. The molecule has 0 aromatic heterocycles. The van der Waals surface area contributed by atoms with Gasteiger partial charge in [-0.15, -0.1) is 0 Å². The number of halogens is 3. The van der Waals surface area contributed by atoms with Gasteiger partial charge in [0.2, 0.25) is 0 Å². The number of nitriles is 1. The number of nitrogens with zero attached hydrogens (tertiary/aromatic N) is 1. The van der Waals surface area contributed by atoms with E-state index >= 15 is 0 Å². The normalized spacial score (nSPS) is 12.8. The molecule has 0 amide bonds. The first-order valence-electron chi connectivity index (χ1n) is 6.61. The second-order valence-corrected chi connectivity index (χ2v) is 4.40. The number of ether oxygens (including phenoxy) is 2. The van der Waals surface area contributed by atoms with E-state index in [1.165, 1.54) is 6.08 Å². The number of alkyl halides is 3. The van der Waals surface area contributed by atoms with Gasteiger partial charge in [0.25, 0.3) is 0 Å². The van der Waals surface area contributed by atoms with Crippen LogP contribution in [0.2, 0.25) is 0 Å². The SMILES string of the molecule is COC=C(C(=O)OC)C(=CC=Cc1ccccc1C#N)C(F)(F)F. The lowest BCUT2D eigenvalue weighted by molar-refractivity contribution is -0.138. The Balaban J connectivity index is 3.29.